The molecule has 2 aliphatic rings. The average molecular weight is 572 g/mol. The Labute approximate surface area is 226 Å². The van der Waals surface area contributed by atoms with Gasteiger partial charge in [0, 0.05) is 26.7 Å². The van der Waals surface area contributed by atoms with Gasteiger partial charge in [0.1, 0.15) is 5.41 Å². The van der Waals surface area contributed by atoms with Crippen molar-refractivity contribution in [1.29, 1.82) is 0 Å². The molecule has 2 aliphatic heterocycles. The Kier molecular flexibility index (Phi) is 7.31. The summed E-state index contributed by atoms with van der Waals surface area (Å²) in [6.45, 7) is 2.57. The third-order valence-corrected chi connectivity index (χ3v) is 7.65. The highest BCUT2D eigenvalue weighted by Crippen LogP contribution is 2.46. The van der Waals surface area contributed by atoms with Gasteiger partial charge in [0.25, 0.3) is 0 Å². The van der Waals surface area contributed by atoms with Gasteiger partial charge < -0.3 is 19.8 Å². The van der Waals surface area contributed by atoms with Crippen LogP contribution in [0.1, 0.15) is 47.2 Å². The third kappa shape index (κ3) is 5.20. The molecule has 3 unspecified atom stereocenters. The molecule has 0 saturated carbocycles. The van der Waals surface area contributed by atoms with Crippen LogP contribution in [0.5, 0.6) is 0 Å². The SMILES string of the molecule is Cc1ccccc1C1C2CC(C)(C(=O)O)C(=O)N2CCN1C(=O)N(C)Cc1cc(C(F)(F)F)cc(C(F)(F)F)c1. The van der Waals surface area contributed by atoms with Crippen LogP contribution in [0.15, 0.2) is 42.5 Å². The van der Waals surface area contributed by atoms with Gasteiger partial charge in [-0.1, -0.05) is 24.3 Å². The van der Waals surface area contributed by atoms with E-state index in [1.165, 1.54) is 23.8 Å². The van der Waals surface area contributed by atoms with Gasteiger partial charge in [-0.25, -0.2) is 4.79 Å². The Hall–Kier alpha value is -3.77. The number of aryl methyl sites for hydroxylation is 1. The predicted octanol–water partition coefficient (Wildman–Crippen LogP) is 5.33. The molecule has 0 aromatic heterocycles. The van der Waals surface area contributed by atoms with Crippen molar-refractivity contribution in [3.63, 3.8) is 0 Å². The molecule has 2 fully saturated rings. The van der Waals surface area contributed by atoms with Crippen molar-refractivity contribution in [1.82, 2.24) is 14.7 Å². The lowest BCUT2D eigenvalue weighted by Gasteiger charge is -2.46. The zero-order valence-electron chi connectivity index (χ0n) is 21.8. The minimum absolute atomic E-state index is 0.0174. The molecule has 216 valence electrons. The molecule has 2 aromatic rings. The van der Waals surface area contributed by atoms with Gasteiger partial charge in [-0.05, 0) is 55.2 Å². The Balaban J connectivity index is 1.70. The maximum Gasteiger partial charge on any atom is 0.416 e. The largest absolute Gasteiger partial charge is 0.480 e. The monoisotopic (exact) mass is 571 g/mol. The second-order valence-electron chi connectivity index (χ2n) is 10.5. The minimum Gasteiger partial charge on any atom is -0.480 e. The van der Waals surface area contributed by atoms with E-state index in [9.17, 15) is 45.8 Å². The van der Waals surface area contributed by atoms with E-state index in [1.807, 2.05) is 0 Å². The van der Waals surface area contributed by atoms with Crippen molar-refractivity contribution >= 4 is 17.9 Å². The number of hydrogen-bond acceptors (Lipinski definition) is 3. The number of carbonyl (C=O) groups is 3. The molecule has 3 amide bonds. The van der Waals surface area contributed by atoms with Crippen molar-refractivity contribution in [3.8, 4) is 0 Å². The highest BCUT2D eigenvalue weighted by Gasteiger charge is 2.58. The van der Waals surface area contributed by atoms with Crippen LogP contribution in [0.2, 0.25) is 0 Å². The topological polar surface area (TPSA) is 81.2 Å². The number of alkyl halides is 6. The average Bonchev–Trinajstić information content (AvgIpc) is 3.13. The number of benzene rings is 2. The Morgan fingerprint density at radius 2 is 1.60 bits per heavy atom. The maximum absolute atomic E-state index is 13.7. The van der Waals surface area contributed by atoms with Crippen molar-refractivity contribution in [2.24, 2.45) is 5.41 Å². The summed E-state index contributed by atoms with van der Waals surface area (Å²) in [5.41, 5.74) is -3.62. The van der Waals surface area contributed by atoms with E-state index in [-0.39, 0.29) is 31.1 Å². The van der Waals surface area contributed by atoms with E-state index in [0.717, 1.165) is 10.5 Å². The molecule has 0 bridgehead atoms. The summed E-state index contributed by atoms with van der Waals surface area (Å²) < 4.78 is 80.1. The molecule has 13 heteroatoms. The second-order valence-corrected chi connectivity index (χ2v) is 10.5. The maximum atomic E-state index is 13.7. The van der Waals surface area contributed by atoms with E-state index in [2.05, 4.69) is 0 Å². The summed E-state index contributed by atoms with van der Waals surface area (Å²) in [7, 11) is 1.26. The number of carbonyl (C=O) groups excluding carboxylic acids is 2. The first-order valence-corrected chi connectivity index (χ1v) is 12.3. The van der Waals surface area contributed by atoms with Crippen LogP contribution in [-0.2, 0) is 28.5 Å². The summed E-state index contributed by atoms with van der Waals surface area (Å²) in [4.78, 5) is 42.7. The number of urea groups is 1. The van der Waals surface area contributed by atoms with E-state index >= 15 is 0 Å². The number of carboxylic acid groups (broad SMARTS) is 1. The molecule has 7 nitrogen and oxygen atoms in total. The predicted molar refractivity (Wildman–Crippen MR) is 130 cm³/mol. The van der Waals surface area contributed by atoms with Gasteiger partial charge in [0.15, 0.2) is 0 Å². The fourth-order valence-corrected chi connectivity index (χ4v) is 5.55. The van der Waals surface area contributed by atoms with Gasteiger partial charge in [0.05, 0.1) is 23.2 Å². The van der Waals surface area contributed by atoms with E-state index in [0.29, 0.717) is 17.7 Å². The van der Waals surface area contributed by atoms with Crippen LogP contribution in [0.3, 0.4) is 0 Å². The lowest BCUT2D eigenvalue weighted by Crippen LogP contribution is -2.57. The van der Waals surface area contributed by atoms with E-state index < -0.39 is 65.4 Å². The molecule has 0 spiro atoms. The molecule has 4 rings (SSSR count). The van der Waals surface area contributed by atoms with Crippen molar-refractivity contribution < 1.29 is 45.8 Å². The molecule has 40 heavy (non-hydrogen) atoms. The van der Waals surface area contributed by atoms with Gasteiger partial charge >= 0.3 is 24.4 Å². The molecule has 2 saturated heterocycles. The van der Waals surface area contributed by atoms with Crippen LogP contribution in [0.25, 0.3) is 0 Å². The van der Waals surface area contributed by atoms with Crippen LogP contribution in [0.4, 0.5) is 31.1 Å². The molecule has 2 aromatic carbocycles. The number of hydrogen-bond donors (Lipinski definition) is 1. The molecule has 2 heterocycles. The van der Waals surface area contributed by atoms with E-state index in [1.54, 1.807) is 31.2 Å². The summed E-state index contributed by atoms with van der Waals surface area (Å²) in [6, 6.07) is 6.02. The molecule has 0 aliphatic carbocycles. The number of halogens is 6. The summed E-state index contributed by atoms with van der Waals surface area (Å²) in [6.07, 6.45) is -10.1. The summed E-state index contributed by atoms with van der Waals surface area (Å²) in [5.74, 6) is -1.87. The van der Waals surface area contributed by atoms with Gasteiger partial charge in [-0.2, -0.15) is 26.3 Å². The highest BCUT2D eigenvalue weighted by molar-refractivity contribution is 6.03. The van der Waals surface area contributed by atoms with Crippen molar-refractivity contribution in [2.75, 3.05) is 20.1 Å². The molecule has 0 radical (unpaired) electrons. The van der Waals surface area contributed by atoms with Crippen molar-refractivity contribution in [3.05, 3.63) is 70.3 Å². The number of amides is 3. The molecular weight excluding hydrogens is 544 g/mol. The smallest absolute Gasteiger partial charge is 0.416 e. The number of aliphatic carboxylic acids is 1. The number of carboxylic acids is 1. The zero-order valence-corrected chi connectivity index (χ0v) is 21.8. The second kappa shape index (κ2) is 10.0. The minimum atomic E-state index is -5.03. The molecule has 1 N–H and O–H groups in total. The van der Waals surface area contributed by atoms with Crippen LogP contribution >= 0.6 is 0 Å². The Bertz CT molecular complexity index is 1310. The number of rotatable bonds is 4. The van der Waals surface area contributed by atoms with Crippen LogP contribution in [0, 0.1) is 12.3 Å². The first-order chi connectivity index (χ1) is 18.4. The van der Waals surface area contributed by atoms with Crippen LogP contribution < -0.4 is 0 Å². The Morgan fingerprint density at radius 3 is 2.12 bits per heavy atom. The lowest BCUT2D eigenvalue weighted by molar-refractivity contribution is -0.155. The zero-order chi connectivity index (χ0) is 29.8. The van der Waals surface area contributed by atoms with Gasteiger partial charge in [-0.3, -0.25) is 9.59 Å². The van der Waals surface area contributed by atoms with Crippen LogP contribution in [-0.4, -0.2) is 63.9 Å². The normalized spacial score (nSPS) is 23.3. The quantitative estimate of drug-likeness (QED) is 0.397. The van der Waals surface area contributed by atoms with Gasteiger partial charge in [-0.15, -0.1) is 0 Å². The number of fused-ring (bicyclic) bond motifs is 1. The fraction of sp³-hybridized carbons (Fsp3) is 0.444. The molecular formula is C27H27F6N3O4. The summed E-state index contributed by atoms with van der Waals surface area (Å²) in [5, 5.41) is 9.79. The standard InChI is InChI=1S/C27H27F6N3O4/c1-15-6-4-5-7-19(15)21-20-13-25(2,23(38)39)22(37)35(20)8-9-36(21)24(40)34(3)14-16-10-17(26(28,29)30)12-18(11-16)27(31,32)33/h4-7,10-12,20-21H,8-9,13-14H2,1-3H3,(H,38,39). The van der Waals surface area contributed by atoms with Gasteiger partial charge in [0.2, 0.25) is 5.91 Å². The molecule has 3 atom stereocenters. The first-order valence-electron chi connectivity index (χ1n) is 12.3. The third-order valence-electron chi connectivity index (χ3n) is 7.65. The fourth-order valence-electron chi connectivity index (χ4n) is 5.55. The number of piperazine rings is 1. The van der Waals surface area contributed by atoms with E-state index in [4.69, 9.17) is 0 Å². The lowest BCUT2D eigenvalue weighted by atomic mass is 9.83. The summed E-state index contributed by atoms with van der Waals surface area (Å²) >= 11 is 0. The van der Waals surface area contributed by atoms with Crippen molar-refractivity contribution in [2.45, 2.75) is 51.2 Å². The number of nitrogens with zero attached hydrogens (tertiary/aromatic N) is 3. The first kappa shape index (κ1) is 29.2. The highest BCUT2D eigenvalue weighted by atomic mass is 19.4. The Morgan fingerprint density at radius 1 is 1.02 bits per heavy atom.